The maximum atomic E-state index is 11.0. The average molecular weight is 323 g/mol. The number of hydroxylamine groups is 1. The molecule has 0 bridgehead atoms. The van der Waals surface area contributed by atoms with Gasteiger partial charge in [0.1, 0.15) is 0 Å². The topological polar surface area (TPSA) is 74.2 Å². The number of benzene rings is 1. The average Bonchev–Trinajstić information content (AvgIpc) is 3.03. The van der Waals surface area contributed by atoms with Crippen LogP contribution in [0.5, 0.6) is 0 Å². The summed E-state index contributed by atoms with van der Waals surface area (Å²) in [5, 5.41) is 12.1. The molecule has 0 saturated carbocycles. The molecule has 1 heterocycles. The van der Waals surface area contributed by atoms with Crippen LogP contribution in [0.2, 0.25) is 0 Å². The van der Waals surface area contributed by atoms with E-state index in [0.717, 1.165) is 31.4 Å². The Morgan fingerprint density at radius 1 is 1.29 bits per heavy atom. The number of aryl methyl sites for hydroxylation is 1. The van der Waals surface area contributed by atoms with Gasteiger partial charge in [0, 0.05) is 24.5 Å². The van der Waals surface area contributed by atoms with Crippen LogP contribution >= 0.6 is 0 Å². The lowest BCUT2D eigenvalue weighted by atomic mass is 10.0. The van der Waals surface area contributed by atoms with Gasteiger partial charge in [0.15, 0.2) is 0 Å². The third kappa shape index (κ3) is 4.07. The fourth-order valence-electron chi connectivity index (χ4n) is 3.10. The molecule has 124 valence electrons. The van der Waals surface area contributed by atoms with E-state index in [1.165, 1.54) is 22.8 Å². The predicted octanol–water partition coefficient (Wildman–Crippen LogP) is 2.42. The van der Waals surface area contributed by atoms with E-state index in [1.807, 2.05) is 30.6 Å². The van der Waals surface area contributed by atoms with Crippen LogP contribution in [0.25, 0.3) is 6.08 Å². The highest BCUT2D eigenvalue weighted by Crippen LogP contribution is 2.31. The number of pyridine rings is 1. The summed E-state index contributed by atoms with van der Waals surface area (Å²) >= 11 is 0. The third-order valence-corrected chi connectivity index (χ3v) is 4.34. The monoisotopic (exact) mass is 323 g/mol. The normalized spacial score (nSPS) is 16.3. The zero-order chi connectivity index (χ0) is 16.8. The largest absolute Gasteiger partial charge is 0.310 e. The van der Waals surface area contributed by atoms with Gasteiger partial charge in [-0.15, -0.1) is 0 Å². The molecule has 5 heteroatoms. The lowest BCUT2D eigenvalue weighted by Crippen LogP contribution is -2.21. The first-order valence-corrected chi connectivity index (χ1v) is 8.13. The molecule has 1 aliphatic rings. The Morgan fingerprint density at radius 2 is 2.12 bits per heavy atom. The van der Waals surface area contributed by atoms with Gasteiger partial charge in [-0.1, -0.05) is 18.2 Å². The number of nitrogens with zero attached hydrogens (tertiary/aromatic N) is 1. The second-order valence-electron chi connectivity index (χ2n) is 5.92. The minimum absolute atomic E-state index is 0.389. The van der Waals surface area contributed by atoms with E-state index in [-0.39, 0.29) is 0 Å². The molecule has 1 aromatic carbocycles. The Bertz CT molecular complexity index is 729. The maximum Gasteiger partial charge on any atom is 0.267 e. The molecular weight excluding hydrogens is 302 g/mol. The Morgan fingerprint density at radius 3 is 2.92 bits per heavy atom. The Labute approximate surface area is 141 Å². The molecule has 24 heavy (non-hydrogen) atoms. The number of aromatic nitrogens is 1. The fourth-order valence-corrected chi connectivity index (χ4v) is 3.10. The van der Waals surface area contributed by atoms with Crippen molar-refractivity contribution in [2.24, 2.45) is 0 Å². The first-order chi connectivity index (χ1) is 11.8. The van der Waals surface area contributed by atoms with Gasteiger partial charge in [0.05, 0.1) is 0 Å². The molecule has 3 rings (SSSR count). The zero-order valence-electron chi connectivity index (χ0n) is 13.4. The van der Waals surface area contributed by atoms with Gasteiger partial charge >= 0.3 is 0 Å². The molecule has 0 spiro atoms. The number of nitrogens with one attached hydrogen (secondary N) is 2. The van der Waals surface area contributed by atoms with Crippen molar-refractivity contribution >= 4 is 12.0 Å². The molecule has 0 radical (unpaired) electrons. The molecular formula is C19H21N3O2. The number of fused-ring (bicyclic) bond motifs is 1. The van der Waals surface area contributed by atoms with E-state index in [9.17, 15) is 4.79 Å². The minimum atomic E-state index is -0.522. The number of hydrogen-bond acceptors (Lipinski definition) is 4. The molecule has 1 aromatic heterocycles. The minimum Gasteiger partial charge on any atom is -0.310 e. The van der Waals surface area contributed by atoms with E-state index in [2.05, 4.69) is 22.4 Å². The number of carbonyl (C=O) groups excluding carboxylic acids is 1. The Kier molecular flexibility index (Phi) is 5.36. The SMILES string of the molecule is O=C(/C=C/c1ccc2c(c1)CCC2NCCc1ccncc1)NO. The van der Waals surface area contributed by atoms with Crippen molar-refractivity contribution in [3.63, 3.8) is 0 Å². The third-order valence-electron chi connectivity index (χ3n) is 4.34. The molecule has 2 aromatic rings. The van der Waals surface area contributed by atoms with Crippen molar-refractivity contribution in [1.82, 2.24) is 15.8 Å². The van der Waals surface area contributed by atoms with Crippen LogP contribution < -0.4 is 10.8 Å². The van der Waals surface area contributed by atoms with Crippen LogP contribution in [0.4, 0.5) is 0 Å². The predicted molar refractivity (Wildman–Crippen MR) is 92.4 cm³/mol. The fraction of sp³-hybridized carbons (Fsp3) is 0.263. The van der Waals surface area contributed by atoms with Gasteiger partial charge in [-0.2, -0.15) is 0 Å². The van der Waals surface area contributed by atoms with Crippen molar-refractivity contribution in [1.29, 1.82) is 0 Å². The van der Waals surface area contributed by atoms with Crippen LogP contribution in [-0.2, 0) is 17.6 Å². The molecule has 5 nitrogen and oxygen atoms in total. The molecule has 0 aliphatic heterocycles. The van der Waals surface area contributed by atoms with Gasteiger partial charge in [-0.3, -0.25) is 15.0 Å². The lowest BCUT2D eigenvalue weighted by Gasteiger charge is -2.14. The second kappa shape index (κ2) is 7.86. The lowest BCUT2D eigenvalue weighted by molar-refractivity contribution is -0.124. The van der Waals surface area contributed by atoms with Gasteiger partial charge in [0.25, 0.3) is 5.91 Å². The summed E-state index contributed by atoms with van der Waals surface area (Å²) < 4.78 is 0. The molecule has 1 atom stereocenters. The van der Waals surface area contributed by atoms with Gasteiger partial charge < -0.3 is 5.32 Å². The Balaban J connectivity index is 1.58. The molecule has 3 N–H and O–H groups in total. The zero-order valence-corrected chi connectivity index (χ0v) is 13.4. The number of rotatable bonds is 6. The summed E-state index contributed by atoms with van der Waals surface area (Å²) in [4.78, 5) is 15.1. The van der Waals surface area contributed by atoms with Crippen LogP contribution in [0.3, 0.4) is 0 Å². The first-order valence-electron chi connectivity index (χ1n) is 8.13. The molecule has 1 unspecified atom stereocenters. The van der Waals surface area contributed by atoms with Crippen molar-refractivity contribution < 1.29 is 10.0 Å². The van der Waals surface area contributed by atoms with E-state index >= 15 is 0 Å². The standard InChI is InChI=1S/C19H21N3O2/c23-19(22-24)6-2-15-1-4-17-16(13-15)3-5-18(17)21-12-9-14-7-10-20-11-8-14/h1-2,4,6-8,10-11,13,18,21,24H,3,5,9,12H2,(H,22,23)/b6-2+. The van der Waals surface area contributed by atoms with Gasteiger partial charge in [-0.05, 0) is 66.3 Å². The smallest absolute Gasteiger partial charge is 0.267 e. The van der Waals surface area contributed by atoms with Crippen molar-refractivity contribution in [3.8, 4) is 0 Å². The van der Waals surface area contributed by atoms with Crippen LogP contribution in [0, 0.1) is 0 Å². The molecule has 0 saturated heterocycles. The maximum absolute atomic E-state index is 11.0. The molecule has 1 aliphatic carbocycles. The summed E-state index contributed by atoms with van der Waals surface area (Å²) in [5.41, 5.74) is 6.51. The van der Waals surface area contributed by atoms with E-state index in [0.29, 0.717) is 6.04 Å². The molecule has 0 fully saturated rings. The molecule has 1 amide bonds. The van der Waals surface area contributed by atoms with Gasteiger partial charge in [-0.25, -0.2) is 5.48 Å². The highest BCUT2D eigenvalue weighted by atomic mass is 16.5. The highest BCUT2D eigenvalue weighted by Gasteiger charge is 2.21. The number of carbonyl (C=O) groups is 1. The van der Waals surface area contributed by atoms with E-state index < -0.39 is 5.91 Å². The van der Waals surface area contributed by atoms with Gasteiger partial charge in [0.2, 0.25) is 0 Å². The Hall–Kier alpha value is -2.50. The summed E-state index contributed by atoms with van der Waals surface area (Å²) in [6.07, 6.45) is 9.80. The first kappa shape index (κ1) is 16.4. The van der Waals surface area contributed by atoms with Crippen LogP contribution in [-0.4, -0.2) is 22.6 Å². The number of hydrogen-bond donors (Lipinski definition) is 3. The summed E-state index contributed by atoms with van der Waals surface area (Å²) in [6, 6.07) is 10.7. The highest BCUT2D eigenvalue weighted by molar-refractivity contribution is 5.90. The van der Waals surface area contributed by atoms with Crippen LogP contribution in [0.15, 0.2) is 48.8 Å². The second-order valence-corrected chi connectivity index (χ2v) is 5.92. The number of amides is 1. The van der Waals surface area contributed by atoms with E-state index in [4.69, 9.17) is 5.21 Å². The summed E-state index contributed by atoms with van der Waals surface area (Å²) in [5.74, 6) is -0.522. The summed E-state index contributed by atoms with van der Waals surface area (Å²) in [6.45, 7) is 0.937. The van der Waals surface area contributed by atoms with Crippen LogP contribution in [0.1, 0.15) is 34.7 Å². The van der Waals surface area contributed by atoms with Crippen molar-refractivity contribution in [2.75, 3.05) is 6.54 Å². The van der Waals surface area contributed by atoms with Crippen molar-refractivity contribution in [2.45, 2.75) is 25.3 Å². The quantitative estimate of drug-likeness (QED) is 0.434. The summed E-state index contributed by atoms with van der Waals surface area (Å²) in [7, 11) is 0. The van der Waals surface area contributed by atoms with E-state index in [1.54, 1.807) is 11.6 Å². The van der Waals surface area contributed by atoms with Crippen molar-refractivity contribution in [3.05, 3.63) is 71.1 Å².